The molecule has 3 aromatic carbocycles. The lowest BCUT2D eigenvalue weighted by atomic mass is 10.0. The number of rotatable bonds is 11. The molecule has 1 unspecified atom stereocenters. The van der Waals surface area contributed by atoms with Crippen LogP contribution in [-0.4, -0.2) is 12.7 Å². The molecule has 0 heterocycles. The van der Waals surface area contributed by atoms with Gasteiger partial charge in [-0.25, -0.2) is 0 Å². The van der Waals surface area contributed by atoms with E-state index in [0.717, 1.165) is 37.2 Å². The van der Waals surface area contributed by atoms with E-state index in [0.29, 0.717) is 23.1 Å². The molecule has 0 spiro atoms. The average molecular weight is 439 g/mol. The standard InChI is InChI=1S/C27H31ClO3/c1-4-9-22-12-14-25(18-21(22)5-2)29-17-16-20(3)30-26-15-13-23(28)19-27(26)31-24-10-7-6-8-11-24/h6-8,10-15,18-20H,4-5,9,16-17H2,1-3H3. The summed E-state index contributed by atoms with van der Waals surface area (Å²) in [6.45, 7) is 7.02. The molecule has 0 aliphatic heterocycles. The van der Waals surface area contributed by atoms with Crippen LogP contribution in [0.1, 0.15) is 44.7 Å². The summed E-state index contributed by atoms with van der Waals surface area (Å²) in [4.78, 5) is 0. The average Bonchev–Trinajstić information content (AvgIpc) is 2.77. The summed E-state index contributed by atoms with van der Waals surface area (Å²) in [6, 6.07) is 21.5. The molecule has 0 saturated heterocycles. The summed E-state index contributed by atoms with van der Waals surface area (Å²) in [5.74, 6) is 2.93. The van der Waals surface area contributed by atoms with E-state index < -0.39 is 0 Å². The summed E-state index contributed by atoms with van der Waals surface area (Å²) in [5.41, 5.74) is 2.79. The van der Waals surface area contributed by atoms with Crippen molar-refractivity contribution >= 4 is 11.6 Å². The zero-order valence-electron chi connectivity index (χ0n) is 18.6. The van der Waals surface area contributed by atoms with Crippen LogP contribution in [0, 0.1) is 0 Å². The lowest BCUT2D eigenvalue weighted by Crippen LogP contribution is -2.16. The molecule has 4 heteroatoms. The highest BCUT2D eigenvalue weighted by Crippen LogP contribution is 2.35. The molecule has 0 saturated carbocycles. The van der Waals surface area contributed by atoms with E-state index in [4.69, 9.17) is 25.8 Å². The van der Waals surface area contributed by atoms with Crippen LogP contribution >= 0.6 is 11.6 Å². The van der Waals surface area contributed by atoms with E-state index in [-0.39, 0.29) is 6.10 Å². The quantitative estimate of drug-likeness (QED) is 0.304. The van der Waals surface area contributed by atoms with E-state index in [1.54, 1.807) is 6.07 Å². The molecule has 0 N–H and O–H groups in total. The highest BCUT2D eigenvalue weighted by molar-refractivity contribution is 6.30. The summed E-state index contributed by atoms with van der Waals surface area (Å²) in [7, 11) is 0. The molecule has 164 valence electrons. The van der Waals surface area contributed by atoms with Gasteiger partial charge in [0.2, 0.25) is 0 Å². The first-order valence-electron chi connectivity index (χ1n) is 11.0. The first-order valence-corrected chi connectivity index (χ1v) is 11.4. The molecular formula is C27H31ClO3. The van der Waals surface area contributed by atoms with Gasteiger partial charge in [-0.15, -0.1) is 0 Å². The maximum absolute atomic E-state index is 6.17. The normalized spacial score (nSPS) is 11.7. The summed E-state index contributed by atoms with van der Waals surface area (Å²) >= 11 is 6.17. The van der Waals surface area contributed by atoms with Gasteiger partial charge in [0.1, 0.15) is 11.5 Å². The van der Waals surface area contributed by atoms with Crippen LogP contribution in [0.5, 0.6) is 23.0 Å². The van der Waals surface area contributed by atoms with Crippen LogP contribution in [-0.2, 0) is 12.8 Å². The number of halogens is 1. The first-order chi connectivity index (χ1) is 15.1. The Hall–Kier alpha value is -2.65. The Kier molecular flexibility index (Phi) is 8.66. The monoisotopic (exact) mass is 438 g/mol. The van der Waals surface area contributed by atoms with Gasteiger partial charge < -0.3 is 14.2 Å². The summed E-state index contributed by atoms with van der Waals surface area (Å²) in [5, 5.41) is 0.604. The largest absolute Gasteiger partial charge is 0.493 e. The molecule has 3 nitrogen and oxygen atoms in total. The van der Waals surface area contributed by atoms with Crippen LogP contribution in [0.3, 0.4) is 0 Å². The predicted molar refractivity (Wildman–Crippen MR) is 128 cm³/mol. The fraction of sp³-hybridized carbons (Fsp3) is 0.333. The number of aryl methyl sites for hydroxylation is 2. The SMILES string of the molecule is CCCc1ccc(OCCC(C)Oc2ccc(Cl)cc2Oc2ccccc2)cc1CC. The third-order valence-corrected chi connectivity index (χ3v) is 5.31. The van der Waals surface area contributed by atoms with Crippen molar-refractivity contribution in [3.8, 4) is 23.0 Å². The van der Waals surface area contributed by atoms with Gasteiger partial charge in [0.25, 0.3) is 0 Å². The second-order valence-electron chi connectivity index (χ2n) is 7.61. The molecule has 3 aromatic rings. The molecule has 1 atom stereocenters. The van der Waals surface area contributed by atoms with Crippen molar-refractivity contribution in [1.29, 1.82) is 0 Å². The van der Waals surface area contributed by atoms with Gasteiger partial charge in [-0.1, -0.05) is 56.1 Å². The van der Waals surface area contributed by atoms with Crippen molar-refractivity contribution in [3.63, 3.8) is 0 Å². The van der Waals surface area contributed by atoms with Crippen molar-refractivity contribution in [2.45, 2.75) is 52.6 Å². The van der Waals surface area contributed by atoms with Crippen LogP contribution in [0.15, 0.2) is 66.7 Å². The molecule has 0 aromatic heterocycles. The zero-order chi connectivity index (χ0) is 22.1. The first kappa shape index (κ1) is 23.0. The third kappa shape index (κ3) is 6.93. The smallest absolute Gasteiger partial charge is 0.170 e. The Morgan fingerprint density at radius 2 is 1.65 bits per heavy atom. The fourth-order valence-electron chi connectivity index (χ4n) is 3.43. The number of ether oxygens (including phenoxy) is 3. The molecule has 31 heavy (non-hydrogen) atoms. The third-order valence-electron chi connectivity index (χ3n) is 5.08. The van der Waals surface area contributed by atoms with Crippen molar-refractivity contribution in [2.24, 2.45) is 0 Å². The van der Waals surface area contributed by atoms with Crippen molar-refractivity contribution in [2.75, 3.05) is 6.61 Å². The van der Waals surface area contributed by atoms with Crippen LogP contribution in [0.25, 0.3) is 0 Å². The lowest BCUT2D eigenvalue weighted by Gasteiger charge is -2.18. The Balaban J connectivity index is 1.57. The highest BCUT2D eigenvalue weighted by atomic mass is 35.5. The molecule has 0 amide bonds. The minimum Gasteiger partial charge on any atom is -0.493 e. The predicted octanol–water partition coefficient (Wildman–Crippen LogP) is 7.88. The van der Waals surface area contributed by atoms with Crippen molar-refractivity contribution < 1.29 is 14.2 Å². The Bertz CT molecular complexity index is 956. The van der Waals surface area contributed by atoms with E-state index >= 15 is 0 Å². The molecule has 0 bridgehead atoms. The molecule has 0 fully saturated rings. The van der Waals surface area contributed by atoms with Gasteiger partial charge in [0, 0.05) is 17.5 Å². The van der Waals surface area contributed by atoms with Crippen LogP contribution in [0.2, 0.25) is 5.02 Å². The van der Waals surface area contributed by atoms with E-state index in [9.17, 15) is 0 Å². The van der Waals surface area contributed by atoms with Crippen LogP contribution in [0.4, 0.5) is 0 Å². The molecule has 0 aliphatic carbocycles. The number of para-hydroxylation sites is 1. The Morgan fingerprint density at radius 3 is 2.39 bits per heavy atom. The minimum absolute atomic E-state index is 0.0377. The summed E-state index contributed by atoms with van der Waals surface area (Å²) in [6.07, 6.45) is 4.01. The minimum atomic E-state index is -0.0377. The second-order valence-corrected chi connectivity index (χ2v) is 8.04. The Morgan fingerprint density at radius 1 is 0.839 bits per heavy atom. The van der Waals surface area contributed by atoms with Crippen molar-refractivity contribution in [1.82, 2.24) is 0 Å². The highest BCUT2D eigenvalue weighted by Gasteiger charge is 2.12. The zero-order valence-corrected chi connectivity index (χ0v) is 19.3. The maximum Gasteiger partial charge on any atom is 0.170 e. The number of hydrogen-bond acceptors (Lipinski definition) is 3. The molecule has 3 rings (SSSR count). The molecular weight excluding hydrogens is 408 g/mol. The van der Waals surface area contributed by atoms with Gasteiger partial charge in [0.05, 0.1) is 12.7 Å². The van der Waals surface area contributed by atoms with Gasteiger partial charge in [-0.3, -0.25) is 0 Å². The van der Waals surface area contributed by atoms with E-state index in [2.05, 4.69) is 32.0 Å². The van der Waals surface area contributed by atoms with Crippen LogP contribution < -0.4 is 14.2 Å². The molecule has 0 aliphatic rings. The fourth-order valence-corrected chi connectivity index (χ4v) is 3.59. The van der Waals surface area contributed by atoms with Gasteiger partial charge in [-0.2, -0.15) is 0 Å². The van der Waals surface area contributed by atoms with E-state index in [1.807, 2.05) is 49.4 Å². The van der Waals surface area contributed by atoms with Gasteiger partial charge in [-0.05, 0) is 67.3 Å². The number of hydrogen-bond donors (Lipinski definition) is 0. The maximum atomic E-state index is 6.17. The topological polar surface area (TPSA) is 27.7 Å². The van der Waals surface area contributed by atoms with Crippen molar-refractivity contribution in [3.05, 3.63) is 82.9 Å². The Labute approximate surface area is 190 Å². The lowest BCUT2D eigenvalue weighted by molar-refractivity contribution is 0.172. The van der Waals surface area contributed by atoms with Gasteiger partial charge >= 0.3 is 0 Å². The molecule has 0 radical (unpaired) electrons. The number of benzene rings is 3. The van der Waals surface area contributed by atoms with E-state index in [1.165, 1.54) is 11.1 Å². The second kappa shape index (κ2) is 11.7. The van der Waals surface area contributed by atoms with Gasteiger partial charge in [0.15, 0.2) is 11.5 Å². The summed E-state index contributed by atoms with van der Waals surface area (Å²) < 4.78 is 18.1.